The van der Waals surface area contributed by atoms with Crippen molar-refractivity contribution in [2.45, 2.75) is 12.1 Å². The van der Waals surface area contributed by atoms with Crippen LogP contribution in [0.2, 0.25) is 5.02 Å². The first kappa shape index (κ1) is 19.1. The summed E-state index contributed by atoms with van der Waals surface area (Å²) >= 11 is 7.24. The molecule has 0 aliphatic carbocycles. The van der Waals surface area contributed by atoms with Crippen molar-refractivity contribution in [2.75, 3.05) is 12.4 Å². The Bertz CT molecular complexity index is 1030. The molecule has 0 aliphatic heterocycles. The average molecular weight is 397 g/mol. The SMILES string of the molecule is C#CCSc1nc2ccc(OCC)cc2n1C(=O)/C=C\c1ccc(Cl)cc1. The zero-order valence-electron chi connectivity index (χ0n) is 14.7. The van der Waals surface area contributed by atoms with Gasteiger partial charge < -0.3 is 4.74 Å². The predicted octanol–water partition coefficient (Wildman–Crippen LogP) is 5.17. The lowest BCUT2D eigenvalue weighted by molar-refractivity contribution is 0.0965. The van der Waals surface area contributed by atoms with E-state index in [2.05, 4.69) is 10.9 Å². The first-order valence-electron chi connectivity index (χ1n) is 8.32. The van der Waals surface area contributed by atoms with E-state index in [9.17, 15) is 4.79 Å². The molecule has 27 heavy (non-hydrogen) atoms. The van der Waals surface area contributed by atoms with Gasteiger partial charge >= 0.3 is 0 Å². The number of aromatic nitrogens is 2. The lowest BCUT2D eigenvalue weighted by Gasteiger charge is -2.06. The van der Waals surface area contributed by atoms with Crippen LogP contribution >= 0.6 is 23.4 Å². The van der Waals surface area contributed by atoms with Gasteiger partial charge in [0.05, 0.1) is 23.4 Å². The van der Waals surface area contributed by atoms with E-state index in [4.69, 9.17) is 22.8 Å². The number of hydrogen-bond donors (Lipinski definition) is 0. The Kier molecular flexibility index (Phi) is 6.23. The van der Waals surface area contributed by atoms with Crippen LogP contribution < -0.4 is 4.74 Å². The standard InChI is InChI=1S/C21H17ClN2O2S/c1-3-13-27-21-23-18-11-10-17(26-4-2)14-19(18)24(21)20(25)12-7-15-5-8-16(22)9-6-15/h1,5-12,14H,4,13H2,2H3/b12-7-. The van der Waals surface area contributed by atoms with Gasteiger partial charge in [0.2, 0.25) is 0 Å². The number of rotatable bonds is 6. The zero-order valence-corrected chi connectivity index (χ0v) is 16.3. The van der Waals surface area contributed by atoms with E-state index in [0.717, 1.165) is 5.56 Å². The molecule has 0 aliphatic rings. The highest BCUT2D eigenvalue weighted by molar-refractivity contribution is 7.99. The molecule has 0 saturated carbocycles. The lowest BCUT2D eigenvalue weighted by Crippen LogP contribution is -2.09. The molecular formula is C21H17ClN2O2S. The highest BCUT2D eigenvalue weighted by Gasteiger charge is 2.16. The van der Waals surface area contributed by atoms with E-state index in [1.54, 1.807) is 22.8 Å². The Labute approximate surface area is 167 Å². The number of benzene rings is 2. The van der Waals surface area contributed by atoms with Gasteiger partial charge in [0, 0.05) is 17.2 Å². The smallest absolute Gasteiger partial charge is 0.257 e. The molecule has 0 N–H and O–H groups in total. The van der Waals surface area contributed by atoms with Crippen molar-refractivity contribution in [3.05, 3.63) is 59.1 Å². The average Bonchev–Trinajstić information content (AvgIpc) is 3.03. The minimum Gasteiger partial charge on any atom is -0.494 e. The molecule has 136 valence electrons. The Morgan fingerprint density at radius 1 is 1.33 bits per heavy atom. The molecule has 1 aromatic heterocycles. The summed E-state index contributed by atoms with van der Waals surface area (Å²) < 4.78 is 7.12. The van der Waals surface area contributed by atoms with E-state index < -0.39 is 0 Å². The summed E-state index contributed by atoms with van der Waals surface area (Å²) in [5.74, 6) is 3.47. The van der Waals surface area contributed by atoms with Crippen LogP contribution in [-0.2, 0) is 0 Å². The summed E-state index contributed by atoms with van der Waals surface area (Å²) in [7, 11) is 0. The third-order valence-corrected chi connectivity index (χ3v) is 4.79. The van der Waals surface area contributed by atoms with E-state index in [1.807, 2.05) is 37.3 Å². The van der Waals surface area contributed by atoms with Gasteiger partial charge in [-0.3, -0.25) is 9.36 Å². The van der Waals surface area contributed by atoms with Crippen LogP contribution in [0.1, 0.15) is 17.3 Å². The largest absolute Gasteiger partial charge is 0.494 e. The molecule has 4 nitrogen and oxygen atoms in total. The van der Waals surface area contributed by atoms with Crippen molar-refractivity contribution in [3.8, 4) is 18.1 Å². The van der Waals surface area contributed by atoms with Crippen LogP contribution in [0.25, 0.3) is 17.1 Å². The second kappa shape index (κ2) is 8.81. The van der Waals surface area contributed by atoms with E-state index in [-0.39, 0.29) is 5.91 Å². The highest BCUT2D eigenvalue weighted by Crippen LogP contribution is 2.27. The van der Waals surface area contributed by atoms with Gasteiger partial charge in [-0.2, -0.15) is 0 Å². The summed E-state index contributed by atoms with van der Waals surface area (Å²) in [5, 5.41) is 1.21. The molecule has 0 radical (unpaired) electrons. The summed E-state index contributed by atoms with van der Waals surface area (Å²) in [6.45, 7) is 2.46. The maximum atomic E-state index is 12.9. The van der Waals surface area contributed by atoms with Crippen LogP contribution in [0.15, 0.2) is 53.7 Å². The number of allylic oxidation sites excluding steroid dienone is 1. The van der Waals surface area contributed by atoms with Gasteiger partial charge in [-0.25, -0.2) is 4.98 Å². The summed E-state index contributed by atoms with van der Waals surface area (Å²) in [4.78, 5) is 17.5. The fourth-order valence-corrected chi connectivity index (χ4v) is 3.34. The first-order valence-corrected chi connectivity index (χ1v) is 9.68. The maximum Gasteiger partial charge on any atom is 0.257 e. The molecule has 3 rings (SSSR count). The molecule has 0 amide bonds. The second-order valence-corrected chi connectivity index (χ2v) is 6.91. The molecule has 0 bridgehead atoms. The van der Waals surface area contributed by atoms with Gasteiger partial charge in [0.25, 0.3) is 5.91 Å². The number of ether oxygens (including phenoxy) is 1. The quantitative estimate of drug-likeness (QED) is 0.327. The summed E-state index contributed by atoms with van der Waals surface area (Å²) in [6, 6.07) is 12.7. The van der Waals surface area contributed by atoms with Crippen molar-refractivity contribution in [3.63, 3.8) is 0 Å². The number of carbonyl (C=O) groups excluding carboxylic acids is 1. The van der Waals surface area contributed by atoms with Crippen LogP contribution in [0.3, 0.4) is 0 Å². The fourth-order valence-electron chi connectivity index (χ4n) is 2.52. The number of hydrogen-bond acceptors (Lipinski definition) is 4. The molecule has 2 aromatic carbocycles. The number of terminal acetylenes is 1. The number of thioether (sulfide) groups is 1. The van der Waals surface area contributed by atoms with Crippen molar-refractivity contribution in [1.29, 1.82) is 0 Å². The fraction of sp³-hybridized carbons (Fsp3) is 0.143. The van der Waals surface area contributed by atoms with Crippen LogP contribution in [-0.4, -0.2) is 27.8 Å². The van der Waals surface area contributed by atoms with Crippen LogP contribution in [0, 0.1) is 12.3 Å². The lowest BCUT2D eigenvalue weighted by atomic mass is 10.2. The number of fused-ring (bicyclic) bond motifs is 1. The van der Waals surface area contributed by atoms with Gasteiger partial charge in [0.15, 0.2) is 5.16 Å². The molecule has 0 spiro atoms. The summed E-state index contributed by atoms with van der Waals surface area (Å²) in [5.41, 5.74) is 2.28. The van der Waals surface area contributed by atoms with E-state index in [1.165, 1.54) is 17.8 Å². The number of carbonyl (C=O) groups is 1. The topological polar surface area (TPSA) is 44.1 Å². The minimum atomic E-state index is -0.208. The van der Waals surface area contributed by atoms with Gasteiger partial charge in [0.1, 0.15) is 5.75 Å². The van der Waals surface area contributed by atoms with Gasteiger partial charge in [-0.1, -0.05) is 41.4 Å². The minimum absolute atomic E-state index is 0.208. The number of nitrogens with zero attached hydrogens (tertiary/aromatic N) is 2. The normalized spacial score (nSPS) is 11.0. The third-order valence-electron chi connectivity index (χ3n) is 3.70. The maximum absolute atomic E-state index is 12.9. The number of imidazole rings is 1. The third kappa shape index (κ3) is 4.54. The van der Waals surface area contributed by atoms with E-state index >= 15 is 0 Å². The second-order valence-electron chi connectivity index (χ2n) is 5.53. The monoisotopic (exact) mass is 396 g/mol. The van der Waals surface area contributed by atoms with Gasteiger partial charge in [-0.15, -0.1) is 6.42 Å². The van der Waals surface area contributed by atoms with Crippen LogP contribution in [0.4, 0.5) is 0 Å². The van der Waals surface area contributed by atoms with Crippen molar-refractivity contribution in [2.24, 2.45) is 0 Å². The van der Waals surface area contributed by atoms with E-state index in [0.29, 0.717) is 39.3 Å². The molecule has 1 heterocycles. The Hall–Kier alpha value is -2.68. The molecular weight excluding hydrogens is 380 g/mol. The predicted molar refractivity (Wildman–Crippen MR) is 112 cm³/mol. The van der Waals surface area contributed by atoms with Gasteiger partial charge in [-0.05, 0) is 42.8 Å². The Morgan fingerprint density at radius 3 is 2.81 bits per heavy atom. The van der Waals surface area contributed by atoms with Crippen molar-refractivity contribution >= 4 is 46.4 Å². The van der Waals surface area contributed by atoms with Crippen LogP contribution in [0.5, 0.6) is 5.75 Å². The van der Waals surface area contributed by atoms with Crippen molar-refractivity contribution < 1.29 is 9.53 Å². The molecule has 0 atom stereocenters. The highest BCUT2D eigenvalue weighted by atomic mass is 35.5. The zero-order chi connectivity index (χ0) is 19.2. The summed E-state index contributed by atoms with van der Waals surface area (Å²) in [6.07, 6.45) is 8.62. The molecule has 0 fully saturated rings. The molecule has 6 heteroatoms. The molecule has 0 saturated heterocycles. The molecule has 3 aromatic rings. The first-order chi connectivity index (χ1) is 13.1. The number of halogens is 1. The Balaban J connectivity index is 2.00. The molecule has 0 unspecified atom stereocenters. The Morgan fingerprint density at radius 2 is 2.11 bits per heavy atom. The van der Waals surface area contributed by atoms with Crippen molar-refractivity contribution in [1.82, 2.24) is 9.55 Å².